The number of imidazole rings is 1. The van der Waals surface area contributed by atoms with Gasteiger partial charge in [0.2, 0.25) is 6.79 Å². The molecule has 0 amide bonds. The second-order valence-electron chi connectivity index (χ2n) is 24.6. The fraction of sp³-hybridized carbons (Fsp3) is 0.267. The minimum atomic E-state index is -0.402. The number of aromatic nitrogens is 8. The molecule has 0 atom stereocenters. The molecule has 0 fully saturated rings. The lowest BCUT2D eigenvalue weighted by Crippen LogP contribution is -1.96. The maximum Gasteiger partial charge on any atom is 0.417 e. The van der Waals surface area contributed by atoms with Crippen LogP contribution >= 0.6 is 22.7 Å². The third-order valence-corrected chi connectivity index (χ3v) is 18.9. The van der Waals surface area contributed by atoms with Crippen LogP contribution in [-0.2, 0) is 19.3 Å². The fourth-order valence-corrected chi connectivity index (χ4v) is 13.1. The lowest BCUT2D eigenvalue weighted by atomic mass is 10.1. The summed E-state index contributed by atoms with van der Waals surface area (Å²) >= 11 is 3.46. The topological polar surface area (TPSA) is 234 Å². The highest BCUT2D eigenvalue weighted by Crippen LogP contribution is 2.31. The molecular weight excluding hydrogens is 1730 g/mol. The van der Waals surface area contributed by atoms with Crippen LogP contribution in [-0.4, -0.2) is 60.2 Å². The van der Waals surface area contributed by atoms with Gasteiger partial charge in [0, 0.05) is 39.5 Å². The van der Waals surface area contributed by atoms with E-state index in [9.17, 15) is 9.59 Å². The van der Waals surface area contributed by atoms with Crippen molar-refractivity contribution >= 4 is 115 Å². The van der Waals surface area contributed by atoms with Crippen molar-refractivity contribution in [3.05, 3.63) is 395 Å². The minimum absolute atomic E-state index is 0.302. The Morgan fingerprint density at radius 1 is 0.324 bits per heavy atom. The van der Waals surface area contributed by atoms with Crippen molar-refractivity contribution in [2.45, 2.75) is 192 Å². The molecule has 12 aromatic carbocycles. The summed E-state index contributed by atoms with van der Waals surface area (Å²) in [5, 5.41) is 16.6. The number of thiophene rings is 1. The number of benzene rings is 12. The van der Waals surface area contributed by atoms with Gasteiger partial charge in [-0.3, -0.25) is 15.1 Å². The number of ether oxygens (including phenoxy) is 4. The largest absolute Gasteiger partial charge is 0.493 e. The summed E-state index contributed by atoms with van der Waals surface area (Å²) in [4.78, 5) is 43.2. The molecule has 8 aromatic heterocycles. The molecule has 20 heteroatoms. The van der Waals surface area contributed by atoms with E-state index in [1.54, 1.807) is 64.4 Å². The number of hydrogen-bond donors (Lipinski definition) is 4. The first-order chi connectivity index (χ1) is 67.4. The summed E-state index contributed by atoms with van der Waals surface area (Å²) in [5.74, 6) is 3.31. The Morgan fingerprint density at radius 2 is 0.809 bits per heavy atom. The van der Waals surface area contributed by atoms with Gasteiger partial charge in [0.1, 0.15) is 22.6 Å². The summed E-state index contributed by atoms with van der Waals surface area (Å²) in [6.45, 7) is 49.8. The van der Waals surface area contributed by atoms with Crippen LogP contribution in [0.5, 0.6) is 23.0 Å². The first kappa shape index (κ1) is 120. The number of para-hydroxylation sites is 15. The van der Waals surface area contributed by atoms with Crippen LogP contribution in [0.1, 0.15) is 189 Å². The molecule has 0 radical (unpaired) electrons. The fourth-order valence-electron chi connectivity index (χ4n) is 11.6. The predicted octanol–water partition coefficient (Wildman–Crippen LogP) is 34.3. The Bertz CT molecular complexity index is 5420. The number of aromatic amines is 3. The lowest BCUT2D eigenvalue weighted by molar-refractivity contribution is 0.174. The number of thiazole rings is 1. The number of pyridine rings is 1. The van der Waals surface area contributed by atoms with Crippen molar-refractivity contribution < 1.29 is 32.2 Å². The van der Waals surface area contributed by atoms with Gasteiger partial charge in [0.15, 0.2) is 35.8 Å². The number of aryl methyl sites for hydroxylation is 2. The highest BCUT2D eigenvalue weighted by Gasteiger charge is 2.12. The van der Waals surface area contributed by atoms with E-state index in [-0.39, 0.29) is 5.63 Å². The van der Waals surface area contributed by atoms with Crippen molar-refractivity contribution in [1.29, 1.82) is 0 Å². The summed E-state index contributed by atoms with van der Waals surface area (Å²) in [6.07, 6.45) is 11.8. The zero-order valence-corrected chi connectivity index (χ0v) is 86.4. The van der Waals surface area contributed by atoms with Crippen LogP contribution < -0.4 is 35.6 Å². The molecule has 0 saturated heterocycles. The van der Waals surface area contributed by atoms with Crippen molar-refractivity contribution in [2.24, 2.45) is 0 Å². The number of rotatable bonds is 0. The highest BCUT2D eigenvalue weighted by atomic mass is 32.1. The third-order valence-electron chi connectivity index (χ3n) is 17.1. The number of nitrogens with zero attached hydrogens (tertiary/aromatic N) is 5. The summed E-state index contributed by atoms with van der Waals surface area (Å²) < 4.78 is 37.9. The lowest BCUT2D eigenvalue weighted by Gasteiger charge is -1.93. The number of anilines is 1. The number of nitrogens with one attached hydrogen (secondary N) is 4. The van der Waals surface area contributed by atoms with E-state index >= 15 is 0 Å². The quantitative estimate of drug-likeness (QED) is 0.103. The Balaban J connectivity index is 0.000000727. The highest BCUT2D eigenvalue weighted by molar-refractivity contribution is 7.17. The Labute approximate surface area is 817 Å². The molecule has 0 unspecified atom stereocenters. The van der Waals surface area contributed by atoms with Gasteiger partial charge in [-0.15, -0.1) is 22.7 Å². The van der Waals surface area contributed by atoms with Crippen molar-refractivity contribution in [3.8, 4) is 23.0 Å². The molecule has 18 nitrogen and oxygen atoms in total. The summed E-state index contributed by atoms with van der Waals surface area (Å²) in [5.41, 5.74) is 16.3. The second-order valence-corrected chi connectivity index (χ2v) is 26.5. The van der Waals surface area contributed by atoms with Crippen LogP contribution in [0, 0.1) is 0 Å². The van der Waals surface area contributed by atoms with Gasteiger partial charge in [-0.25, -0.2) is 24.5 Å². The molecule has 24 rings (SSSR count). The number of oxazole rings is 2. The van der Waals surface area contributed by atoms with Gasteiger partial charge < -0.3 is 42.5 Å². The average Bonchev–Trinajstić information content (AvgIpc) is 1.59. The van der Waals surface area contributed by atoms with Gasteiger partial charge in [-0.1, -0.05) is 360 Å². The second kappa shape index (κ2) is 79.4. The molecular formula is C116H149N9O9S2. The molecule has 3 aliphatic heterocycles. The minimum Gasteiger partial charge on any atom is -0.493 e. The maximum atomic E-state index is 10.7. The molecule has 136 heavy (non-hydrogen) atoms. The van der Waals surface area contributed by atoms with Crippen molar-refractivity contribution in [2.75, 3.05) is 25.4 Å². The maximum absolute atomic E-state index is 10.7. The number of H-pyrrole nitrogens is 3. The summed E-state index contributed by atoms with van der Waals surface area (Å²) in [7, 11) is 0. The normalized spacial score (nSPS) is 10.1. The molecule has 0 saturated carbocycles. The standard InChI is InChI=1S/C9H7N.C9H6O2.C9H10.C8H8O.C8H6S.2C7H6N2.C7H5NO2.C7H7NO.C7H5NO.C7H5NS.C7H6O2.12C2H6/c1-2-6-9-8(4-1)5-3-7-10-9;10-9-6-5-7-3-1-2-4-8(7)11-9;1-2-5-9-7-3-6-8(9)4-1;2*1-2-4-8-7(3-1)5-6-9-8;1-2-4-7-6(3-1)8-5-9-7;1-2-4-7-6(3-1)5-8-9-7;9-7-8-5-3-1-2-4-6(5)10-7;4*1-2-4-7-6(3-1)8-5-9-7;12*1-2/h1-7H;1-6H;1-2,4-5H,3,6-7H2;1-4H,5-6H2;1-6H;2*1-5H,(H,8,9);1-4H,(H,8,9);1-4,8H,5H2;2*1-5H;1-4H,5H2;12*1-2H3. The molecule has 20 aromatic rings. The SMILES string of the molecule is CC.CC.CC.CC.CC.CC.CC.CC.CC.CC.CC.CC.O=c1[nH]c2ccccc2o1.O=c1ccc2ccccc2o1.c1ccc2[nH]cnc2c1.c1ccc2[nH]ncc2c1.c1ccc2c(c1)CCC2.c1ccc2c(c1)CCO2.c1ccc2c(c1)NCO2.c1ccc2c(c1)OCO2.c1ccc2ncccc2c1.c1ccc2ocnc2c1.c1ccc2sccc2c1.c1ccc2scnc2c1. The Kier molecular flexibility index (Phi) is 69.9. The average molecular weight is 1880 g/mol. The van der Waals surface area contributed by atoms with E-state index in [2.05, 4.69) is 130 Å². The zero-order valence-electron chi connectivity index (χ0n) is 84.7. The van der Waals surface area contributed by atoms with Gasteiger partial charge in [-0.05, 0) is 168 Å². The van der Waals surface area contributed by atoms with Gasteiger partial charge in [0.05, 0.1) is 68.1 Å². The van der Waals surface area contributed by atoms with Gasteiger partial charge >= 0.3 is 11.4 Å². The molecule has 1 aliphatic carbocycles. The predicted molar refractivity (Wildman–Crippen MR) is 587 cm³/mol. The van der Waals surface area contributed by atoms with Gasteiger partial charge in [0.25, 0.3) is 0 Å². The van der Waals surface area contributed by atoms with Crippen LogP contribution in [0.3, 0.4) is 0 Å². The number of hydrogen-bond acceptors (Lipinski definition) is 17. The van der Waals surface area contributed by atoms with E-state index < -0.39 is 5.76 Å². The number of fused-ring (bicyclic) bond motifs is 12. The van der Waals surface area contributed by atoms with E-state index in [1.165, 1.54) is 57.5 Å². The van der Waals surface area contributed by atoms with Crippen molar-refractivity contribution in [1.82, 2.24) is 40.1 Å². The first-order valence-corrected chi connectivity index (χ1v) is 49.8. The molecule has 724 valence electrons. The monoisotopic (exact) mass is 1880 g/mol. The molecule has 0 bridgehead atoms. The third kappa shape index (κ3) is 44.1. The van der Waals surface area contributed by atoms with E-state index in [0.29, 0.717) is 24.7 Å². The van der Waals surface area contributed by atoms with Crippen LogP contribution in [0.15, 0.2) is 380 Å². The Morgan fingerprint density at radius 3 is 1.39 bits per heavy atom. The zero-order chi connectivity index (χ0) is 100. The Hall–Kier alpha value is -14.2. The van der Waals surface area contributed by atoms with Crippen LogP contribution in [0.4, 0.5) is 5.69 Å². The van der Waals surface area contributed by atoms with Gasteiger partial charge in [-0.2, -0.15) is 5.10 Å². The molecule has 0 spiro atoms. The van der Waals surface area contributed by atoms with E-state index in [0.717, 1.165) is 96.7 Å². The molecule has 4 N–H and O–H groups in total. The van der Waals surface area contributed by atoms with E-state index in [4.69, 9.17) is 32.2 Å². The van der Waals surface area contributed by atoms with E-state index in [1.807, 2.05) is 396 Å². The smallest absolute Gasteiger partial charge is 0.417 e. The van der Waals surface area contributed by atoms with Crippen molar-refractivity contribution in [3.63, 3.8) is 0 Å². The first-order valence-electron chi connectivity index (χ1n) is 48.1. The summed E-state index contributed by atoms with van der Waals surface area (Å²) in [6, 6.07) is 105. The molecule has 4 aliphatic rings. The van der Waals surface area contributed by atoms with Crippen LogP contribution in [0.25, 0.3) is 86.3 Å². The molecule has 11 heterocycles. The van der Waals surface area contributed by atoms with Crippen LogP contribution in [0.2, 0.25) is 0 Å².